The molecule has 0 aromatic carbocycles. The van der Waals surface area contributed by atoms with Crippen molar-refractivity contribution in [1.82, 2.24) is 5.32 Å². The fraction of sp³-hybridized carbons (Fsp3) is 0.900. The summed E-state index contributed by atoms with van der Waals surface area (Å²) < 4.78 is 0. The molecule has 3 fully saturated rings. The third kappa shape index (κ3) is 1.26. The van der Waals surface area contributed by atoms with Crippen molar-refractivity contribution in [1.29, 1.82) is 0 Å². The Morgan fingerprint density at radius 3 is 2.08 bits per heavy atom. The molecular formula is C10H18N2O. The van der Waals surface area contributed by atoms with Crippen molar-refractivity contribution >= 4 is 5.91 Å². The Hall–Kier alpha value is -0.570. The van der Waals surface area contributed by atoms with Crippen LogP contribution in [0.5, 0.6) is 0 Å². The van der Waals surface area contributed by atoms with Gasteiger partial charge in [0.2, 0.25) is 5.91 Å². The molecule has 0 spiro atoms. The number of rotatable bonds is 1. The van der Waals surface area contributed by atoms with Crippen LogP contribution in [0.2, 0.25) is 0 Å². The van der Waals surface area contributed by atoms with Crippen LogP contribution in [0.25, 0.3) is 0 Å². The third-order valence-corrected chi connectivity index (χ3v) is 3.13. The van der Waals surface area contributed by atoms with E-state index in [-0.39, 0.29) is 22.4 Å². The molecule has 3 N–H and O–H groups in total. The van der Waals surface area contributed by atoms with E-state index >= 15 is 0 Å². The molecular weight excluding hydrogens is 164 g/mol. The smallest absolute Gasteiger partial charge is 0.225 e. The maximum absolute atomic E-state index is 11.7. The van der Waals surface area contributed by atoms with E-state index in [4.69, 9.17) is 5.73 Å². The lowest BCUT2D eigenvalue weighted by molar-refractivity contribution is -0.143. The molecule has 2 bridgehead atoms. The molecule has 13 heavy (non-hydrogen) atoms. The highest BCUT2D eigenvalue weighted by Crippen LogP contribution is 2.58. The molecule has 0 atom stereocenters. The molecule has 0 aromatic rings. The van der Waals surface area contributed by atoms with Gasteiger partial charge in [0.15, 0.2) is 0 Å². The van der Waals surface area contributed by atoms with Crippen LogP contribution in [0.3, 0.4) is 0 Å². The number of hydrogen-bond donors (Lipinski definition) is 2. The first-order valence-corrected chi connectivity index (χ1v) is 4.86. The van der Waals surface area contributed by atoms with Crippen LogP contribution in [0, 0.1) is 5.41 Å². The first-order valence-electron chi connectivity index (χ1n) is 4.86. The van der Waals surface area contributed by atoms with Crippen molar-refractivity contribution in [2.75, 3.05) is 0 Å². The van der Waals surface area contributed by atoms with Crippen LogP contribution in [-0.2, 0) is 4.79 Å². The van der Waals surface area contributed by atoms with Gasteiger partial charge < -0.3 is 11.1 Å². The van der Waals surface area contributed by atoms with E-state index in [9.17, 15) is 4.79 Å². The van der Waals surface area contributed by atoms with Crippen molar-refractivity contribution in [2.45, 2.75) is 51.1 Å². The van der Waals surface area contributed by atoms with Gasteiger partial charge in [-0.3, -0.25) is 4.79 Å². The summed E-state index contributed by atoms with van der Waals surface area (Å²) >= 11 is 0. The highest BCUT2D eigenvalue weighted by Gasteiger charge is 2.66. The normalized spacial score (nSPS) is 41.8. The molecule has 0 saturated heterocycles. The fourth-order valence-corrected chi connectivity index (χ4v) is 2.43. The number of nitrogens with two attached hydrogens (primary N) is 1. The Morgan fingerprint density at radius 1 is 1.31 bits per heavy atom. The minimum atomic E-state index is -0.281. The molecule has 0 unspecified atom stereocenters. The molecule has 0 heterocycles. The van der Waals surface area contributed by atoms with Crippen LogP contribution >= 0.6 is 0 Å². The van der Waals surface area contributed by atoms with Crippen molar-refractivity contribution in [3.05, 3.63) is 0 Å². The van der Waals surface area contributed by atoms with Crippen molar-refractivity contribution in [3.63, 3.8) is 0 Å². The summed E-state index contributed by atoms with van der Waals surface area (Å²) in [5.74, 6) is 0.147. The molecule has 3 saturated carbocycles. The summed E-state index contributed by atoms with van der Waals surface area (Å²) in [4.78, 5) is 11.7. The second-order valence-electron chi connectivity index (χ2n) is 5.88. The summed E-state index contributed by atoms with van der Waals surface area (Å²) in [6.45, 7) is 5.81. The lowest BCUT2D eigenvalue weighted by Gasteiger charge is -2.69. The monoisotopic (exact) mass is 182 g/mol. The second-order valence-corrected chi connectivity index (χ2v) is 5.88. The Labute approximate surface area is 79.1 Å². The van der Waals surface area contributed by atoms with Crippen LogP contribution in [0.1, 0.15) is 40.0 Å². The molecule has 3 heteroatoms. The van der Waals surface area contributed by atoms with Gasteiger partial charge in [-0.05, 0) is 19.3 Å². The third-order valence-electron chi connectivity index (χ3n) is 3.13. The average molecular weight is 182 g/mol. The van der Waals surface area contributed by atoms with Crippen LogP contribution in [-0.4, -0.2) is 17.0 Å². The average Bonchev–Trinajstić information content (AvgIpc) is 1.79. The summed E-state index contributed by atoms with van der Waals surface area (Å²) in [7, 11) is 0. The molecule has 3 aliphatic rings. The predicted molar refractivity (Wildman–Crippen MR) is 51.1 cm³/mol. The number of amides is 1. The first kappa shape index (κ1) is 9.00. The number of nitrogens with one attached hydrogen (secondary N) is 1. The van der Waals surface area contributed by atoms with Crippen molar-refractivity contribution < 1.29 is 4.79 Å². The predicted octanol–water partition coefficient (Wildman–Crippen LogP) is 0.783. The number of carbonyl (C=O) groups is 1. The van der Waals surface area contributed by atoms with E-state index in [0.29, 0.717) is 0 Å². The maximum Gasteiger partial charge on any atom is 0.225 e. The second kappa shape index (κ2) is 2.08. The van der Waals surface area contributed by atoms with E-state index in [0.717, 1.165) is 19.3 Å². The molecule has 3 nitrogen and oxygen atoms in total. The topological polar surface area (TPSA) is 55.1 Å². The van der Waals surface area contributed by atoms with Crippen molar-refractivity contribution in [3.8, 4) is 0 Å². The zero-order valence-electron chi connectivity index (χ0n) is 8.61. The Morgan fingerprint density at radius 2 is 1.77 bits per heavy atom. The Balaban J connectivity index is 1.91. The zero-order valence-corrected chi connectivity index (χ0v) is 8.61. The van der Waals surface area contributed by atoms with E-state index in [1.165, 1.54) is 0 Å². The van der Waals surface area contributed by atoms with Gasteiger partial charge in [0.1, 0.15) is 0 Å². The zero-order chi connectivity index (χ0) is 9.91. The number of hydrogen-bond acceptors (Lipinski definition) is 2. The van der Waals surface area contributed by atoms with Gasteiger partial charge >= 0.3 is 0 Å². The van der Waals surface area contributed by atoms with Crippen LogP contribution < -0.4 is 11.1 Å². The Bertz CT molecular complexity index is 245. The standard InChI is InChI=1S/C10H18N2O/c1-8(2,3)7(13)12-10-4-9(11,5-10)6-10/h4-6,11H2,1-3H3,(H,12,13). The van der Waals surface area contributed by atoms with E-state index < -0.39 is 0 Å². The minimum Gasteiger partial charge on any atom is -0.350 e. The lowest BCUT2D eigenvalue weighted by atomic mass is 9.44. The largest absolute Gasteiger partial charge is 0.350 e. The molecule has 3 rings (SSSR count). The summed E-state index contributed by atoms with van der Waals surface area (Å²) in [6, 6.07) is 0. The van der Waals surface area contributed by atoms with Gasteiger partial charge in [-0.15, -0.1) is 0 Å². The van der Waals surface area contributed by atoms with E-state index in [1.807, 2.05) is 20.8 Å². The van der Waals surface area contributed by atoms with Crippen molar-refractivity contribution in [2.24, 2.45) is 11.1 Å². The molecule has 0 radical (unpaired) electrons. The van der Waals surface area contributed by atoms with Gasteiger partial charge in [0.25, 0.3) is 0 Å². The van der Waals surface area contributed by atoms with Gasteiger partial charge in [0, 0.05) is 16.5 Å². The fourth-order valence-electron chi connectivity index (χ4n) is 2.43. The number of carbonyl (C=O) groups excluding carboxylic acids is 1. The van der Waals surface area contributed by atoms with E-state index in [1.54, 1.807) is 0 Å². The lowest BCUT2D eigenvalue weighted by Crippen LogP contribution is -2.82. The molecule has 1 amide bonds. The van der Waals surface area contributed by atoms with Crippen LogP contribution in [0.4, 0.5) is 0 Å². The van der Waals surface area contributed by atoms with Crippen LogP contribution in [0.15, 0.2) is 0 Å². The summed E-state index contributed by atoms with van der Waals surface area (Å²) in [5.41, 5.74) is 5.78. The molecule has 0 aliphatic heterocycles. The van der Waals surface area contributed by atoms with Gasteiger partial charge in [-0.1, -0.05) is 20.8 Å². The van der Waals surface area contributed by atoms with Gasteiger partial charge in [-0.25, -0.2) is 0 Å². The molecule has 74 valence electrons. The molecule has 0 aromatic heterocycles. The summed E-state index contributed by atoms with van der Waals surface area (Å²) in [5, 5.41) is 3.10. The SMILES string of the molecule is CC(C)(C)C(=O)NC12CC(N)(C1)C2. The highest BCUT2D eigenvalue weighted by molar-refractivity contribution is 5.82. The van der Waals surface area contributed by atoms with E-state index in [2.05, 4.69) is 5.32 Å². The molecule has 3 aliphatic carbocycles. The van der Waals surface area contributed by atoms with Gasteiger partial charge in [-0.2, -0.15) is 0 Å². The van der Waals surface area contributed by atoms with Gasteiger partial charge in [0.05, 0.1) is 0 Å². The highest BCUT2D eigenvalue weighted by atomic mass is 16.2. The first-order chi connectivity index (χ1) is 5.75. The Kier molecular flexibility index (Phi) is 1.44. The minimum absolute atomic E-state index is 0.0746. The summed E-state index contributed by atoms with van der Waals surface area (Å²) in [6.07, 6.45) is 2.92. The quantitative estimate of drug-likeness (QED) is 0.629. The maximum atomic E-state index is 11.7.